The van der Waals surface area contributed by atoms with Crippen LogP contribution in [0.2, 0.25) is 0 Å². The lowest BCUT2D eigenvalue weighted by Crippen LogP contribution is -2.32. The molecule has 108 valence electrons. The van der Waals surface area contributed by atoms with Crippen molar-refractivity contribution >= 4 is 12.6 Å². The van der Waals surface area contributed by atoms with Crippen LogP contribution in [0.1, 0.15) is 0 Å². The van der Waals surface area contributed by atoms with Gasteiger partial charge in [-0.15, -0.1) is 0 Å². The molecule has 3 rings (SSSR count). The predicted molar refractivity (Wildman–Crippen MR) is 87.1 cm³/mol. The minimum Gasteiger partial charge on any atom is -0.423 e. The van der Waals surface area contributed by atoms with Crippen LogP contribution in [0, 0.1) is 5.82 Å². The highest BCUT2D eigenvalue weighted by Crippen LogP contribution is 2.26. The van der Waals surface area contributed by atoms with Gasteiger partial charge in [-0.05, 0) is 34.4 Å². The van der Waals surface area contributed by atoms with E-state index in [9.17, 15) is 4.39 Å². The molecule has 0 spiro atoms. The molecule has 0 aromatic heterocycles. The standard InChI is InChI=1S/C18H14BFO2/c20-18-12-16(9-10-17(18)19(21)22)15-8-4-7-14(11-15)13-5-2-1-3-6-13/h1-12,21-22H. The summed E-state index contributed by atoms with van der Waals surface area (Å²) in [7, 11) is -1.80. The van der Waals surface area contributed by atoms with Crippen molar-refractivity contribution in [3.63, 3.8) is 0 Å². The summed E-state index contributed by atoms with van der Waals surface area (Å²) in [6.45, 7) is 0. The average molecular weight is 292 g/mol. The van der Waals surface area contributed by atoms with E-state index in [1.165, 1.54) is 12.1 Å². The molecule has 0 amide bonds. The molecule has 0 fully saturated rings. The molecule has 0 bridgehead atoms. The van der Waals surface area contributed by atoms with E-state index in [1.54, 1.807) is 6.07 Å². The largest absolute Gasteiger partial charge is 0.491 e. The van der Waals surface area contributed by atoms with Crippen LogP contribution in [0.5, 0.6) is 0 Å². The Morgan fingerprint density at radius 3 is 1.86 bits per heavy atom. The molecule has 0 radical (unpaired) electrons. The van der Waals surface area contributed by atoms with Crippen molar-refractivity contribution in [2.24, 2.45) is 0 Å². The van der Waals surface area contributed by atoms with Crippen LogP contribution >= 0.6 is 0 Å². The fourth-order valence-corrected chi connectivity index (χ4v) is 2.43. The fraction of sp³-hybridized carbons (Fsp3) is 0. The molecule has 0 atom stereocenters. The van der Waals surface area contributed by atoms with Gasteiger partial charge in [-0.25, -0.2) is 4.39 Å². The van der Waals surface area contributed by atoms with Crippen LogP contribution < -0.4 is 5.46 Å². The lowest BCUT2D eigenvalue weighted by molar-refractivity contribution is 0.423. The fourth-order valence-electron chi connectivity index (χ4n) is 2.43. The topological polar surface area (TPSA) is 40.5 Å². The monoisotopic (exact) mass is 292 g/mol. The van der Waals surface area contributed by atoms with E-state index in [1.807, 2.05) is 54.6 Å². The SMILES string of the molecule is OB(O)c1ccc(-c2cccc(-c3ccccc3)c2)cc1F. The van der Waals surface area contributed by atoms with Gasteiger partial charge >= 0.3 is 7.12 Å². The zero-order valence-corrected chi connectivity index (χ0v) is 11.8. The summed E-state index contributed by atoms with van der Waals surface area (Å²) in [6.07, 6.45) is 0. The summed E-state index contributed by atoms with van der Waals surface area (Å²) in [5, 5.41) is 18.1. The predicted octanol–water partition coefficient (Wildman–Crippen LogP) is 2.84. The molecule has 0 aliphatic heterocycles. The Bertz CT molecular complexity index is 788. The van der Waals surface area contributed by atoms with E-state index in [4.69, 9.17) is 10.0 Å². The van der Waals surface area contributed by atoms with Gasteiger partial charge in [-0.1, -0.05) is 60.7 Å². The summed E-state index contributed by atoms with van der Waals surface area (Å²) in [5.41, 5.74) is 3.58. The Balaban J connectivity index is 2.01. The molecular weight excluding hydrogens is 278 g/mol. The maximum absolute atomic E-state index is 13.9. The minimum atomic E-state index is -1.80. The summed E-state index contributed by atoms with van der Waals surface area (Å²) >= 11 is 0. The van der Waals surface area contributed by atoms with Crippen LogP contribution in [0.15, 0.2) is 72.8 Å². The zero-order valence-electron chi connectivity index (χ0n) is 11.8. The maximum Gasteiger partial charge on any atom is 0.491 e. The Hall–Kier alpha value is -2.43. The van der Waals surface area contributed by atoms with Gasteiger partial charge in [0.15, 0.2) is 0 Å². The van der Waals surface area contributed by atoms with Gasteiger partial charge in [-0.2, -0.15) is 0 Å². The number of benzene rings is 3. The highest BCUT2D eigenvalue weighted by Gasteiger charge is 2.16. The first-order valence-electron chi connectivity index (χ1n) is 6.96. The molecule has 0 saturated carbocycles. The molecule has 0 saturated heterocycles. The van der Waals surface area contributed by atoms with Crippen molar-refractivity contribution < 1.29 is 14.4 Å². The minimum absolute atomic E-state index is 0.122. The molecule has 0 aliphatic carbocycles. The molecule has 4 heteroatoms. The maximum atomic E-state index is 13.9. The van der Waals surface area contributed by atoms with Crippen molar-refractivity contribution in [1.29, 1.82) is 0 Å². The molecule has 0 unspecified atom stereocenters. The Morgan fingerprint density at radius 1 is 0.636 bits per heavy atom. The second-order valence-electron chi connectivity index (χ2n) is 5.06. The van der Waals surface area contributed by atoms with Gasteiger partial charge in [-0.3, -0.25) is 0 Å². The zero-order chi connectivity index (χ0) is 15.5. The summed E-state index contributed by atoms with van der Waals surface area (Å²) in [4.78, 5) is 0. The first-order chi connectivity index (χ1) is 10.6. The van der Waals surface area contributed by atoms with Crippen molar-refractivity contribution in [3.8, 4) is 22.3 Å². The van der Waals surface area contributed by atoms with Gasteiger partial charge in [0.1, 0.15) is 5.82 Å². The van der Waals surface area contributed by atoms with E-state index in [0.717, 1.165) is 16.7 Å². The third-order valence-corrected chi connectivity index (χ3v) is 3.58. The lowest BCUT2D eigenvalue weighted by atomic mass is 9.79. The number of rotatable bonds is 3. The highest BCUT2D eigenvalue weighted by molar-refractivity contribution is 6.58. The Kier molecular flexibility index (Phi) is 4.05. The molecule has 2 N–H and O–H groups in total. The Morgan fingerprint density at radius 2 is 1.23 bits per heavy atom. The van der Waals surface area contributed by atoms with E-state index in [0.29, 0.717) is 5.56 Å². The van der Waals surface area contributed by atoms with Crippen molar-refractivity contribution in [2.45, 2.75) is 0 Å². The molecular formula is C18H14BFO2. The van der Waals surface area contributed by atoms with Gasteiger partial charge in [0, 0.05) is 5.46 Å². The summed E-state index contributed by atoms with van der Waals surface area (Å²) in [6, 6.07) is 22.1. The quantitative estimate of drug-likeness (QED) is 0.729. The number of halogens is 1. The summed E-state index contributed by atoms with van der Waals surface area (Å²) in [5.74, 6) is -0.627. The lowest BCUT2D eigenvalue weighted by Gasteiger charge is -2.08. The van der Waals surface area contributed by atoms with Crippen LogP contribution in [0.3, 0.4) is 0 Å². The van der Waals surface area contributed by atoms with Crippen molar-refractivity contribution in [3.05, 3.63) is 78.6 Å². The Labute approximate surface area is 128 Å². The van der Waals surface area contributed by atoms with Crippen molar-refractivity contribution in [1.82, 2.24) is 0 Å². The normalized spacial score (nSPS) is 10.5. The summed E-state index contributed by atoms with van der Waals surface area (Å²) < 4.78 is 13.9. The highest BCUT2D eigenvalue weighted by atomic mass is 19.1. The third-order valence-electron chi connectivity index (χ3n) is 3.58. The molecule has 3 aromatic rings. The number of hydrogen-bond donors (Lipinski definition) is 2. The molecule has 22 heavy (non-hydrogen) atoms. The first-order valence-corrected chi connectivity index (χ1v) is 6.96. The van der Waals surface area contributed by atoms with Gasteiger partial charge in [0.2, 0.25) is 0 Å². The van der Waals surface area contributed by atoms with E-state index < -0.39 is 12.9 Å². The molecule has 0 aliphatic rings. The average Bonchev–Trinajstić information content (AvgIpc) is 2.55. The smallest absolute Gasteiger partial charge is 0.423 e. The van der Waals surface area contributed by atoms with Crippen LogP contribution in [-0.2, 0) is 0 Å². The van der Waals surface area contributed by atoms with E-state index >= 15 is 0 Å². The molecule has 2 nitrogen and oxygen atoms in total. The van der Waals surface area contributed by atoms with E-state index in [-0.39, 0.29) is 5.46 Å². The second kappa shape index (κ2) is 6.14. The molecule has 3 aromatic carbocycles. The van der Waals surface area contributed by atoms with Crippen molar-refractivity contribution in [2.75, 3.05) is 0 Å². The van der Waals surface area contributed by atoms with Crippen LogP contribution in [0.25, 0.3) is 22.3 Å². The van der Waals surface area contributed by atoms with Gasteiger partial charge in [0.25, 0.3) is 0 Å². The van der Waals surface area contributed by atoms with Crippen LogP contribution in [0.4, 0.5) is 4.39 Å². The number of hydrogen-bond acceptors (Lipinski definition) is 2. The first kappa shape index (κ1) is 14.5. The van der Waals surface area contributed by atoms with Crippen LogP contribution in [-0.4, -0.2) is 17.2 Å². The molecule has 0 heterocycles. The second-order valence-corrected chi connectivity index (χ2v) is 5.06. The third kappa shape index (κ3) is 2.93. The van der Waals surface area contributed by atoms with E-state index in [2.05, 4.69) is 0 Å². The van der Waals surface area contributed by atoms with Gasteiger partial charge < -0.3 is 10.0 Å². The van der Waals surface area contributed by atoms with Gasteiger partial charge in [0.05, 0.1) is 0 Å².